The molecule has 70 valence electrons. The Kier molecular flexibility index (Phi) is 3.64. The fourth-order valence-corrected chi connectivity index (χ4v) is 1.24. The van der Waals surface area contributed by atoms with Crippen molar-refractivity contribution in [1.29, 1.82) is 0 Å². The van der Waals surface area contributed by atoms with E-state index in [1.54, 1.807) is 18.2 Å². The van der Waals surface area contributed by atoms with E-state index in [0.717, 1.165) is 5.46 Å². The standard InChI is InChI=1S/C9H12BClO2/c1-6(2)13-9-4-3-7(10-12)5-8(9)11/h3-6,10,12H,1-2H3. The second-order valence-electron chi connectivity index (χ2n) is 3.09. The van der Waals surface area contributed by atoms with Crippen LogP contribution in [0.1, 0.15) is 13.8 Å². The molecule has 0 bridgehead atoms. The number of ether oxygens (including phenoxy) is 1. The van der Waals surface area contributed by atoms with Crippen LogP contribution in [0.5, 0.6) is 5.75 Å². The molecule has 1 rings (SSSR count). The number of benzene rings is 1. The van der Waals surface area contributed by atoms with E-state index in [1.165, 1.54) is 0 Å². The van der Waals surface area contributed by atoms with Gasteiger partial charge in [0.05, 0.1) is 11.1 Å². The molecule has 2 nitrogen and oxygen atoms in total. The maximum absolute atomic E-state index is 8.84. The maximum Gasteiger partial charge on any atom is 0.304 e. The Morgan fingerprint density at radius 3 is 2.62 bits per heavy atom. The molecule has 0 saturated carbocycles. The average Bonchev–Trinajstić information content (AvgIpc) is 2.08. The number of hydrogen-bond acceptors (Lipinski definition) is 2. The van der Waals surface area contributed by atoms with E-state index >= 15 is 0 Å². The summed E-state index contributed by atoms with van der Waals surface area (Å²) >= 11 is 5.92. The highest BCUT2D eigenvalue weighted by atomic mass is 35.5. The summed E-state index contributed by atoms with van der Waals surface area (Å²) in [6.45, 7) is 3.88. The van der Waals surface area contributed by atoms with Gasteiger partial charge in [0.15, 0.2) is 0 Å². The second-order valence-corrected chi connectivity index (χ2v) is 3.50. The summed E-state index contributed by atoms with van der Waals surface area (Å²) in [5.74, 6) is 0.661. The summed E-state index contributed by atoms with van der Waals surface area (Å²) in [6, 6.07) is 5.27. The molecule has 1 aromatic carbocycles. The summed E-state index contributed by atoms with van der Waals surface area (Å²) in [5, 5.41) is 9.38. The Bertz CT molecular complexity index is 289. The number of halogens is 1. The van der Waals surface area contributed by atoms with Gasteiger partial charge in [-0.05, 0) is 26.0 Å². The highest BCUT2D eigenvalue weighted by Gasteiger charge is 2.04. The minimum atomic E-state index is 0.00167. The molecule has 13 heavy (non-hydrogen) atoms. The lowest BCUT2D eigenvalue weighted by atomic mass is 9.89. The van der Waals surface area contributed by atoms with Crippen molar-refractivity contribution in [3.05, 3.63) is 23.2 Å². The molecule has 0 aromatic heterocycles. The van der Waals surface area contributed by atoms with Gasteiger partial charge in [-0.3, -0.25) is 0 Å². The number of rotatable bonds is 3. The topological polar surface area (TPSA) is 29.5 Å². The van der Waals surface area contributed by atoms with Crippen LogP contribution in [-0.4, -0.2) is 18.6 Å². The van der Waals surface area contributed by atoms with E-state index in [-0.39, 0.29) is 13.6 Å². The Hall–Kier alpha value is -0.665. The third-order valence-corrected chi connectivity index (χ3v) is 1.84. The molecule has 4 heteroatoms. The monoisotopic (exact) mass is 198 g/mol. The maximum atomic E-state index is 8.84. The molecular formula is C9H12BClO2. The first-order valence-electron chi connectivity index (χ1n) is 4.19. The zero-order chi connectivity index (χ0) is 9.84. The average molecular weight is 198 g/mol. The molecule has 0 aliphatic carbocycles. The van der Waals surface area contributed by atoms with Crippen LogP contribution in [0.3, 0.4) is 0 Å². The van der Waals surface area contributed by atoms with Crippen molar-refractivity contribution in [2.75, 3.05) is 0 Å². The minimum Gasteiger partial charge on any atom is -0.489 e. The van der Waals surface area contributed by atoms with E-state index in [2.05, 4.69) is 0 Å². The Labute approximate surface area is 83.8 Å². The lowest BCUT2D eigenvalue weighted by molar-refractivity contribution is 0.242. The molecule has 0 saturated heterocycles. The van der Waals surface area contributed by atoms with Crippen molar-refractivity contribution in [2.45, 2.75) is 20.0 Å². The first kappa shape index (κ1) is 10.4. The third-order valence-electron chi connectivity index (χ3n) is 1.54. The molecule has 0 unspecified atom stereocenters. The Morgan fingerprint density at radius 1 is 1.46 bits per heavy atom. The lowest BCUT2D eigenvalue weighted by Crippen LogP contribution is -2.14. The van der Waals surface area contributed by atoms with Gasteiger partial charge in [0, 0.05) is 0 Å². The lowest BCUT2D eigenvalue weighted by Gasteiger charge is -2.11. The number of hydrogen-bond donors (Lipinski definition) is 1. The Balaban J connectivity index is 2.85. The fraction of sp³-hybridized carbons (Fsp3) is 0.333. The van der Waals surface area contributed by atoms with Crippen LogP contribution in [0.2, 0.25) is 5.02 Å². The molecule has 0 amide bonds. The molecule has 0 fully saturated rings. The van der Waals surface area contributed by atoms with E-state index in [0.29, 0.717) is 10.8 Å². The highest BCUT2D eigenvalue weighted by molar-refractivity contribution is 6.46. The molecule has 0 aliphatic rings. The van der Waals surface area contributed by atoms with Crippen LogP contribution in [-0.2, 0) is 0 Å². The molecule has 0 atom stereocenters. The molecule has 0 heterocycles. The van der Waals surface area contributed by atoms with E-state index in [1.807, 2.05) is 13.8 Å². The summed E-state index contributed by atoms with van der Waals surface area (Å²) in [5.41, 5.74) is 0.793. The molecular weight excluding hydrogens is 186 g/mol. The van der Waals surface area contributed by atoms with Crippen LogP contribution < -0.4 is 10.2 Å². The van der Waals surface area contributed by atoms with Crippen LogP contribution >= 0.6 is 11.6 Å². The van der Waals surface area contributed by atoms with Crippen LogP contribution in [0, 0.1) is 0 Å². The minimum absolute atomic E-state index is 0.00167. The molecule has 0 aliphatic heterocycles. The van der Waals surface area contributed by atoms with Crippen molar-refractivity contribution in [3.63, 3.8) is 0 Å². The normalized spacial score (nSPS) is 10.2. The summed E-state index contributed by atoms with van der Waals surface area (Å²) < 4.78 is 5.43. The highest BCUT2D eigenvalue weighted by Crippen LogP contribution is 2.23. The second kappa shape index (κ2) is 4.54. The van der Waals surface area contributed by atoms with Gasteiger partial charge in [-0.1, -0.05) is 23.1 Å². The predicted octanol–water partition coefficient (Wildman–Crippen LogP) is 1.10. The molecule has 1 N–H and O–H groups in total. The van der Waals surface area contributed by atoms with E-state index < -0.39 is 0 Å². The summed E-state index contributed by atoms with van der Waals surface area (Å²) in [7, 11) is 0.00167. The zero-order valence-electron chi connectivity index (χ0n) is 7.75. The fourth-order valence-electron chi connectivity index (χ4n) is 0.992. The van der Waals surface area contributed by atoms with Gasteiger partial charge in [-0.15, -0.1) is 0 Å². The molecule has 0 spiro atoms. The largest absolute Gasteiger partial charge is 0.489 e. The van der Waals surface area contributed by atoms with Crippen molar-refractivity contribution in [1.82, 2.24) is 0 Å². The van der Waals surface area contributed by atoms with Gasteiger partial charge in [-0.25, -0.2) is 0 Å². The van der Waals surface area contributed by atoms with Gasteiger partial charge in [0.2, 0.25) is 0 Å². The summed E-state index contributed by atoms with van der Waals surface area (Å²) in [4.78, 5) is 0. The first-order chi connectivity index (χ1) is 6.13. The SMILES string of the molecule is CC(C)Oc1ccc(BO)cc1Cl. The Morgan fingerprint density at radius 2 is 2.15 bits per heavy atom. The van der Waals surface area contributed by atoms with Crippen LogP contribution in [0.25, 0.3) is 0 Å². The van der Waals surface area contributed by atoms with Gasteiger partial charge < -0.3 is 9.76 Å². The van der Waals surface area contributed by atoms with Crippen molar-refractivity contribution < 1.29 is 9.76 Å². The van der Waals surface area contributed by atoms with Crippen molar-refractivity contribution >= 4 is 24.5 Å². The molecule has 1 aromatic rings. The van der Waals surface area contributed by atoms with Gasteiger partial charge in [0.25, 0.3) is 0 Å². The van der Waals surface area contributed by atoms with Gasteiger partial charge in [-0.2, -0.15) is 0 Å². The smallest absolute Gasteiger partial charge is 0.304 e. The van der Waals surface area contributed by atoms with Gasteiger partial charge >= 0.3 is 7.48 Å². The van der Waals surface area contributed by atoms with Crippen molar-refractivity contribution in [2.24, 2.45) is 0 Å². The van der Waals surface area contributed by atoms with Crippen LogP contribution in [0.15, 0.2) is 18.2 Å². The quantitative estimate of drug-likeness (QED) is 0.737. The van der Waals surface area contributed by atoms with Crippen LogP contribution in [0.4, 0.5) is 0 Å². The third kappa shape index (κ3) is 2.94. The molecule has 0 radical (unpaired) electrons. The van der Waals surface area contributed by atoms with E-state index in [4.69, 9.17) is 21.4 Å². The van der Waals surface area contributed by atoms with Crippen molar-refractivity contribution in [3.8, 4) is 5.75 Å². The summed E-state index contributed by atoms with van der Waals surface area (Å²) in [6.07, 6.45) is 0.109. The van der Waals surface area contributed by atoms with Gasteiger partial charge in [0.1, 0.15) is 5.75 Å². The predicted molar refractivity (Wildman–Crippen MR) is 56.2 cm³/mol. The zero-order valence-corrected chi connectivity index (χ0v) is 8.51. The van der Waals surface area contributed by atoms with E-state index in [9.17, 15) is 0 Å². The first-order valence-corrected chi connectivity index (χ1v) is 4.57.